The first-order valence-electron chi connectivity index (χ1n) is 6.11. The van der Waals surface area contributed by atoms with E-state index < -0.39 is 0 Å². The molecular formula is C13H16BrClN2O. The van der Waals surface area contributed by atoms with Crippen molar-refractivity contribution in [3.05, 3.63) is 33.3 Å². The fourth-order valence-electron chi connectivity index (χ4n) is 2.10. The van der Waals surface area contributed by atoms with Crippen molar-refractivity contribution in [3.63, 3.8) is 0 Å². The minimum Gasteiger partial charge on any atom is -0.352 e. The van der Waals surface area contributed by atoms with Gasteiger partial charge in [-0.3, -0.25) is 4.79 Å². The zero-order valence-corrected chi connectivity index (χ0v) is 12.4. The third-order valence-corrected chi connectivity index (χ3v) is 4.50. The van der Waals surface area contributed by atoms with Crippen LogP contribution in [0.3, 0.4) is 0 Å². The smallest absolute Gasteiger partial charge is 0.252 e. The quantitative estimate of drug-likeness (QED) is 0.894. The van der Waals surface area contributed by atoms with Crippen LogP contribution in [0.1, 0.15) is 23.2 Å². The van der Waals surface area contributed by atoms with Crippen molar-refractivity contribution < 1.29 is 4.79 Å². The highest BCUT2D eigenvalue weighted by Gasteiger charge is 2.16. The van der Waals surface area contributed by atoms with Gasteiger partial charge in [0, 0.05) is 11.0 Å². The summed E-state index contributed by atoms with van der Waals surface area (Å²) in [6.07, 6.45) is 2.24. The van der Waals surface area contributed by atoms with E-state index in [9.17, 15) is 4.79 Å². The van der Waals surface area contributed by atoms with Gasteiger partial charge >= 0.3 is 0 Å². The molecule has 0 atom stereocenters. The molecule has 1 aromatic rings. The lowest BCUT2D eigenvalue weighted by Crippen LogP contribution is -2.36. The molecule has 3 nitrogen and oxygen atoms in total. The average molecular weight is 332 g/mol. The van der Waals surface area contributed by atoms with E-state index in [1.54, 1.807) is 6.07 Å². The lowest BCUT2D eigenvalue weighted by atomic mass is 9.98. The van der Waals surface area contributed by atoms with Gasteiger partial charge in [-0.15, -0.1) is 0 Å². The monoisotopic (exact) mass is 330 g/mol. The van der Waals surface area contributed by atoms with Crippen LogP contribution in [0.5, 0.6) is 0 Å². The molecule has 0 radical (unpaired) electrons. The summed E-state index contributed by atoms with van der Waals surface area (Å²) in [5.41, 5.74) is 0.528. The number of piperidine rings is 1. The zero-order valence-electron chi connectivity index (χ0n) is 10.0. The van der Waals surface area contributed by atoms with Gasteiger partial charge in [-0.1, -0.05) is 17.7 Å². The summed E-state index contributed by atoms with van der Waals surface area (Å²) >= 11 is 9.41. The van der Waals surface area contributed by atoms with Crippen molar-refractivity contribution >= 4 is 33.4 Å². The van der Waals surface area contributed by atoms with E-state index in [4.69, 9.17) is 11.6 Å². The Labute approximate surface area is 120 Å². The molecule has 0 saturated carbocycles. The van der Waals surface area contributed by atoms with Crippen LogP contribution in [-0.4, -0.2) is 25.5 Å². The minimum absolute atomic E-state index is 0.0974. The van der Waals surface area contributed by atoms with Crippen molar-refractivity contribution in [2.45, 2.75) is 12.8 Å². The molecule has 98 valence electrons. The van der Waals surface area contributed by atoms with Crippen LogP contribution in [0.15, 0.2) is 22.7 Å². The van der Waals surface area contributed by atoms with Crippen LogP contribution in [0.2, 0.25) is 5.02 Å². The highest BCUT2D eigenvalue weighted by molar-refractivity contribution is 9.10. The summed E-state index contributed by atoms with van der Waals surface area (Å²) in [5.74, 6) is 0.473. The molecule has 0 aliphatic carbocycles. The number of halogens is 2. The van der Waals surface area contributed by atoms with Gasteiger partial charge in [-0.05, 0) is 59.9 Å². The number of carbonyl (C=O) groups is 1. The van der Waals surface area contributed by atoms with Crippen molar-refractivity contribution in [1.29, 1.82) is 0 Å². The van der Waals surface area contributed by atoms with Gasteiger partial charge in [0.2, 0.25) is 0 Å². The molecule has 1 aliphatic heterocycles. The van der Waals surface area contributed by atoms with E-state index in [1.807, 2.05) is 12.1 Å². The van der Waals surface area contributed by atoms with Crippen molar-refractivity contribution in [2.24, 2.45) is 5.92 Å². The molecule has 0 unspecified atom stereocenters. The molecule has 1 heterocycles. The van der Waals surface area contributed by atoms with Gasteiger partial charge in [0.05, 0.1) is 10.6 Å². The Balaban J connectivity index is 1.93. The van der Waals surface area contributed by atoms with Crippen LogP contribution in [0.4, 0.5) is 0 Å². The molecule has 1 amide bonds. The predicted octanol–water partition coefficient (Wildman–Crippen LogP) is 2.83. The Morgan fingerprint density at radius 1 is 1.44 bits per heavy atom. The molecule has 1 aromatic carbocycles. The molecule has 0 aromatic heterocycles. The Morgan fingerprint density at radius 2 is 2.17 bits per heavy atom. The van der Waals surface area contributed by atoms with Gasteiger partial charge in [-0.25, -0.2) is 0 Å². The van der Waals surface area contributed by atoms with Crippen molar-refractivity contribution in [3.8, 4) is 0 Å². The van der Waals surface area contributed by atoms with Crippen molar-refractivity contribution in [1.82, 2.24) is 10.6 Å². The van der Waals surface area contributed by atoms with Gasteiger partial charge in [0.15, 0.2) is 0 Å². The van der Waals surface area contributed by atoms with E-state index in [0.29, 0.717) is 16.5 Å². The highest BCUT2D eigenvalue weighted by Crippen LogP contribution is 2.25. The number of amides is 1. The number of hydrogen-bond acceptors (Lipinski definition) is 2. The Kier molecular flexibility index (Phi) is 5.03. The summed E-state index contributed by atoms with van der Waals surface area (Å²) in [4.78, 5) is 12.0. The molecule has 0 spiro atoms. The normalized spacial score (nSPS) is 16.6. The van der Waals surface area contributed by atoms with Crippen LogP contribution >= 0.6 is 27.5 Å². The van der Waals surface area contributed by atoms with E-state index >= 15 is 0 Å². The molecule has 2 rings (SSSR count). The topological polar surface area (TPSA) is 41.1 Å². The summed E-state index contributed by atoms with van der Waals surface area (Å²) in [5, 5.41) is 6.75. The number of nitrogens with one attached hydrogen (secondary N) is 2. The second-order valence-electron chi connectivity index (χ2n) is 4.50. The summed E-state index contributed by atoms with van der Waals surface area (Å²) in [7, 11) is 0. The SMILES string of the molecule is O=C(NCC1CCNCC1)c1cccc(Br)c1Cl. The number of rotatable bonds is 3. The van der Waals surface area contributed by atoms with Crippen molar-refractivity contribution in [2.75, 3.05) is 19.6 Å². The summed E-state index contributed by atoms with van der Waals surface area (Å²) < 4.78 is 0.749. The predicted molar refractivity (Wildman–Crippen MR) is 77.1 cm³/mol. The first-order chi connectivity index (χ1) is 8.68. The van der Waals surface area contributed by atoms with Crippen LogP contribution in [-0.2, 0) is 0 Å². The molecule has 2 N–H and O–H groups in total. The maximum atomic E-state index is 12.0. The van der Waals surface area contributed by atoms with E-state index in [0.717, 1.165) is 36.9 Å². The van der Waals surface area contributed by atoms with Crippen LogP contribution < -0.4 is 10.6 Å². The van der Waals surface area contributed by atoms with E-state index in [-0.39, 0.29) is 5.91 Å². The molecular weight excluding hydrogens is 316 g/mol. The number of benzene rings is 1. The Hall–Kier alpha value is -0.580. The van der Waals surface area contributed by atoms with Gasteiger partial charge < -0.3 is 10.6 Å². The van der Waals surface area contributed by atoms with Gasteiger partial charge in [0.1, 0.15) is 0 Å². The molecule has 1 saturated heterocycles. The van der Waals surface area contributed by atoms with Crippen LogP contribution in [0.25, 0.3) is 0 Å². The maximum Gasteiger partial charge on any atom is 0.252 e. The zero-order chi connectivity index (χ0) is 13.0. The molecule has 5 heteroatoms. The minimum atomic E-state index is -0.0974. The fourth-order valence-corrected chi connectivity index (χ4v) is 2.68. The standard InChI is InChI=1S/C13H16BrClN2O/c14-11-3-1-2-10(12(11)15)13(18)17-8-9-4-6-16-7-5-9/h1-3,9,16H,4-8H2,(H,17,18). The first kappa shape index (κ1) is 13.8. The first-order valence-corrected chi connectivity index (χ1v) is 7.28. The molecule has 18 heavy (non-hydrogen) atoms. The second-order valence-corrected chi connectivity index (χ2v) is 5.74. The average Bonchev–Trinajstić information content (AvgIpc) is 2.40. The van der Waals surface area contributed by atoms with Crippen LogP contribution in [0, 0.1) is 5.92 Å². The summed E-state index contributed by atoms with van der Waals surface area (Å²) in [6.45, 7) is 2.81. The Morgan fingerprint density at radius 3 is 2.89 bits per heavy atom. The third kappa shape index (κ3) is 3.46. The molecule has 0 bridgehead atoms. The Bertz CT molecular complexity index is 433. The molecule has 1 fully saturated rings. The van der Waals surface area contributed by atoms with Gasteiger partial charge in [0.25, 0.3) is 5.91 Å². The highest BCUT2D eigenvalue weighted by atomic mass is 79.9. The van der Waals surface area contributed by atoms with Gasteiger partial charge in [-0.2, -0.15) is 0 Å². The largest absolute Gasteiger partial charge is 0.352 e. The molecule has 1 aliphatic rings. The lowest BCUT2D eigenvalue weighted by Gasteiger charge is -2.22. The fraction of sp³-hybridized carbons (Fsp3) is 0.462. The summed E-state index contributed by atoms with van der Waals surface area (Å²) in [6, 6.07) is 5.38. The third-order valence-electron chi connectivity index (χ3n) is 3.21. The van der Waals surface area contributed by atoms with E-state index in [1.165, 1.54) is 0 Å². The number of carbonyl (C=O) groups excluding carboxylic acids is 1. The van der Waals surface area contributed by atoms with E-state index in [2.05, 4.69) is 26.6 Å². The number of hydrogen-bond donors (Lipinski definition) is 2. The maximum absolute atomic E-state index is 12.0. The lowest BCUT2D eigenvalue weighted by molar-refractivity contribution is 0.0944. The second kappa shape index (κ2) is 6.55.